The molecule has 1 fully saturated rings. The van der Waals surface area contributed by atoms with Crippen molar-refractivity contribution in [3.8, 4) is 0 Å². The summed E-state index contributed by atoms with van der Waals surface area (Å²) in [6.07, 6.45) is 1.66. The summed E-state index contributed by atoms with van der Waals surface area (Å²) in [6.45, 7) is 6.21. The molecule has 1 unspecified atom stereocenters. The number of piperidine rings is 1. The zero-order valence-electron chi connectivity index (χ0n) is 10.8. The van der Waals surface area contributed by atoms with Gasteiger partial charge in [0, 0.05) is 20.0 Å². The van der Waals surface area contributed by atoms with Crippen molar-refractivity contribution in [3.63, 3.8) is 0 Å². The molecule has 0 aromatic rings. The Morgan fingerprint density at radius 1 is 1.47 bits per heavy atom. The van der Waals surface area contributed by atoms with Gasteiger partial charge in [0.15, 0.2) is 0 Å². The number of aliphatic hydroxyl groups excluding tert-OH is 1. The highest BCUT2D eigenvalue weighted by Gasteiger charge is 2.29. The average Bonchev–Trinajstić information content (AvgIpc) is 2.28. The second kappa shape index (κ2) is 5.49. The maximum absolute atomic E-state index is 12.0. The number of rotatable bonds is 3. The number of carbonyl (C=O) groups is 2. The van der Waals surface area contributed by atoms with E-state index in [0.717, 1.165) is 19.4 Å². The van der Waals surface area contributed by atoms with E-state index in [1.165, 1.54) is 6.92 Å². The van der Waals surface area contributed by atoms with Crippen molar-refractivity contribution >= 4 is 11.8 Å². The minimum Gasteiger partial charge on any atom is -0.394 e. The van der Waals surface area contributed by atoms with Crippen LogP contribution in [0, 0.1) is 5.92 Å². The summed E-state index contributed by atoms with van der Waals surface area (Å²) in [5.41, 5.74) is -0.602. The van der Waals surface area contributed by atoms with Gasteiger partial charge in [-0.15, -0.1) is 0 Å². The van der Waals surface area contributed by atoms with Crippen molar-refractivity contribution in [2.24, 2.45) is 5.92 Å². The van der Waals surface area contributed by atoms with Crippen molar-refractivity contribution in [3.05, 3.63) is 0 Å². The van der Waals surface area contributed by atoms with Gasteiger partial charge in [0.05, 0.1) is 18.1 Å². The first-order valence-corrected chi connectivity index (χ1v) is 6.04. The van der Waals surface area contributed by atoms with Gasteiger partial charge in [0.2, 0.25) is 11.8 Å². The van der Waals surface area contributed by atoms with Crippen molar-refractivity contribution in [2.45, 2.75) is 39.2 Å². The Hall–Kier alpha value is -1.10. The zero-order chi connectivity index (χ0) is 13.1. The van der Waals surface area contributed by atoms with Crippen LogP contribution in [-0.2, 0) is 9.59 Å². The first-order chi connectivity index (χ1) is 7.85. The van der Waals surface area contributed by atoms with E-state index >= 15 is 0 Å². The molecule has 1 aliphatic rings. The Morgan fingerprint density at radius 2 is 2.12 bits per heavy atom. The Labute approximate surface area is 102 Å². The van der Waals surface area contributed by atoms with E-state index in [4.69, 9.17) is 5.11 Å². The lowest BCUT2D eigenvalue weighted by Gasteiger charge is -2.33. The molecule has 0 radical (unpaired) electrons. The monoisotopic (exact) mass is 242 g/mol. The maximum Gasteiger partial charge on any atom is 0.225 e. The molecular weight excluding hydrogens is 220 g/mol. The number of likely N-dealkylation sites (tertiary alicyclic amines) is 1. The zero-order valence-corrected chi connectivity index (χ0v) is 10.8. The molecule has 0 aromatic heterocycles. The molecule has 1 atom stereocenters. The standard InChI is InChI=1S/C12H22N2O3/c1-9(16)14-6-4-5-10(7-14)11(17)13-12(2,3)8-15/h10,15H,4-8H2,1-3H3,(H,13,17). The summed E-state index contributed by atoms with van der Waals surface area (Å²) < 4.78 is 0. The molecule has 5 nitrogen and oxygen atoms in total. The summed E-state index contributed by atoms with van der Waals surface area (Å²) in [5.74, 6) is -0.211. The summed E-state index contributed by atoms with van der Waals surface area (Å²) in [4.78, 5) is 25.0. The lowest BCUT2D eigenvalue weighted by atomic mass is 9.95. The third-order valence-corrected chi connectivity index (χ3v) is 3.09. The molecule has 0 aliphatic carbocycles. The van der Waals surface area contributed by atoms with E-state index in [9.17, 15) is 9.59 Å². The molecule has 1 heterocycles. The molecule has 2 N–H and O–H groups in total. The number of aliphatic hydroxyl groups is 1. The number of amides is 2. The molecule has 1 aliphatic heterocycles. The van der Waals surface area contributed by atoms with Crippen LogP contribution < -0.4 is 5.32 Å². The van der Waals surface area contributed by atoms with Crippen LogP contribution in [0.25, 0.3) is 0 Å². The van der Waals surface area contributed by atoms with Gasteiger partial charge >= 0.3 is 0 Å². The van der Waals surface area contributed by atoms with E-state index in [1.54, 1.807) is 18.7 Å². The predicted octanol–water partition coefficient (Wildman–Crippen LogP) is 0.132. The number of nitrogens with one attached hydrogen (secondary N) is 1. The highest BCUT2D eigenvalue weighted by molar-refractivity contribution is 5.81. The first-order valence-electron chi connectivity index (χ1n) is 6.04. The number of nitrogens with zero attached hydrogens (tertiary/aromatic N) is 1. The number of carbonyl (C=O) groups excluding carboxylic acids is 2. The third-order valence-electron chi connectivity index (χ3n) is 3.09. The largest absolute Gasteiger partial charge is 0.394 e. The Bertz CT molecular complexity index is 302. The number of hydrogen-bond donors (Lipinski definition) is 2. The van der Waals surface area contributed by atoms with Crippen LogP contribution in [-0.4, -0.2) is 47.1 Å². The van der Waals surface area contributed by atoms with E-state index in [1.807, 2.05) is 0 Å². The smallest absolute Gasteiger partial charge is 0.225 e. The third kappa shape index (κ3) is 4.00. The molecule has 98 valence electrons. The van der Waals surface area contributed by atoms with Gasteiger partial charge < -0.3 is 15.3 Å². The summed E-state index contributed by atoms with van der Waals surface area (Å²) in [5, 5.41) is 11.9. The van der Waals surface area contributed by atoms with E-state index in [0.29, 0.717) is 6.54 Å². The van der Waals surface area contributed by atoms with Crippen molar-refractivity contribution in [1.29, 1.82) is 0 Å². The molecular formula is C12H22N2O3. The van der Waals surface area contributed by atoms with Gasteiger partial charge in [0.25, 0.3) is 0 Å². The normalized spacial score (nSPS) is 21.2. The Kier molecular flexibility index (Phi) is 4.51. The fourth-order valence-corrected chi connectivity index (χ4v) is 1.95. The summed E-state index contributed by atoms with van der Waals surface area (Å²) in [6, 6.07) is 0. The quantitative estimate of drug-likeness (QED) is 0.739. The van der Waals surface area contributed by atoms with Gasteiger partial charge in [0.1, 0.15) is 0 Å². The highest BCUT2D eigenvalue weighted by Crippen LogP contribution is 2.17. The van der Waals surface area contributed by atoms with Gasteiger partial charge in [-0.3, -0.25) is 9.59 Å². The summed E-state index contributed by atoms with van der Waals surface area (Å²) in [7, 11) is 0. The molecule has 17 heavy (non-hydrogen) atoms. The lowest BCUT2D eigenvalue weighted by Crippen LogP contribution is -2.52. The van der Waals surface area contributed by atoms with Crippen LogP contribution in [0.1, 0.15) is 33.6 Å². The first kappa shape index (κ1) is 14.0. The number of hydrogen-bond acceptors (Lipinski definition) is 3. The van der Waals surface area contributed by atoms with E-state index < -0.39 is 5.54 Å². The molecule has 0 aromatic carbocycles. The molecule has 0 spiro atoms. The molecule has 0 bridgehead atoms. The molecule has 0 saturated carbocycles. The Balaban J connectivity index is 2.55. The minimum atomic E-state index is -0.602. The second-order valence-corrected chi connectivity index (χ2v) is 5.34. The van der Waals surface area contributed by atoms with Crippen molar-refractivity contribution < 1.29 is 14.7 Å². The highest BCUT2D eigenvalue weighted by atomic mass is 16.3. The van der Waals surface area contributed by atoms with Crippen molar-refractivity contribution in [2.75, 3.05) is 19.7 Å². The Morgan fingerprint density at radius 3 is 2.65 bits per heavy atom. The molecule has 1 rings (SSSR count). The van der Waals surface area contributed by atoms with Gasteiger partial charge in [-0.25, -0.2) is 0 Å². The second-order valence-electron chi connectivity index (χ2n) is 5.34. The van der Waals surface area contributed by atoms with Crippen LogP contribution in [0.15, 0.2) is 0 Å². The SMILES string of the molecule is CC(=O)N1CCCC(C(=O)NC(C)(C)CO)C1. The molecule has 2 amide bonds. The van der Waals surface area contributed by atoms with Crippen LogP contribution in [0.2, 0.25) is 0 Å². The average molecular weight is 242 g/mol. The van der Waals surface area contributed by atoms with Crippen LogP contribution in [0.5, 0.6) is 0 Å². The van der Waals surface area contributed by atoms with Crippen LogP contribution in [0.4, 0.5) is 0 Å². The van der Waals surface area contributed by atoms with Gasteiger partial charge in [-0.2, -0.15) is 0 Å². The van der Waals surface area contributed by atoms with E-state index in [2.05, 4.69) is 5.32 Å². The van der Waals surface area contributed by atoms with E-state index in [-0.39, 0.29) is 24.3 Å². The topological polar surface area (TPSA) is 69.6 Å². The molecule has 1 saturated heterocycles. The maximum atomic E-state index is 12.0. The van der Waals surface area contributed by atoms with Crippen molar-refractivity contribution in [1.82, 2.24) is 10.2 Å². The van der Waals surface area contributed by atoms with Gasteiger partial charge in [-0.1, -0.05) is 0 Å². The fourth-order valence-electron chi connectivity index (χ4n) is 1.95. The predicted molar refractivity (Wildman–Crippen MR) is 64.3 cm³/mol. The fraction of sp³-hybridized carbons (Fsp3) is 0.833. The van der Waals surface area contributed by atoms with Gasteiger partial charge in [-0.05, 0) is 26.7 Å². The molecule has 5 heteroatoms. The lowest BCUT2D eigenvalue weighted by molar-refractivity contribution is -0.134. The van der Waals surface area contributed by atoms with Crippen LogP contribution >= 0.6 is 0 Å². The minimum absolute atomic E-state index is 0.0175. The summed E-state index contributed by atoms with van der Waals surface area (Å²) >= 11 is 0. The van der Waals surface area contributed by atoms with Crippen LogP contribution in [0.3, 0.4) is 0 Å².